The second-order valence-electron chi connectivity index (χ2n) is 12.7. The van der Waals surface area contributed by atoms with E-state index in [0.29, 0.717) is 0 Å². The molecule has 0 N–H and O–H groups in total. The summed E-state index contributed by atoms with van der Waals surface area (Å²) < 4.78 is 0. The van der Waals surface area contributed by atoms with Gasteiger partial charge in [-0.15, -0.1) is 0 Å². The van der Waals surface area contributed by atoms with Gasteiger partial charge in [0.15, 0.2) is 0 Å². The molecule has 212 valence electrons. The number of hydrogen-bond acceptors (Lipinski definition) is 1. The van der Waals surface area contributed by atoms with Gasteiger partial charge in [0.25, 0.3) is 0 Å². The van der Waals surface area contributed by atoms with Crippen LogP contribution in [-0.2, 0) is 5.41 Å². The Balaban J connectivity index is 1.24. The van der Waals surface area contributed by atoms with E-state index < -0.39 is 5.41 Å². The zero-order valence-electron chi connectivity index (χ0n) is 24.9. The minimum atomic E-state index is -0.409. The molecule has 1 aliphatic heterocycles. The molecule has 8 aromatic carbocycles. The molecule has 0 saturated carbocycles. The minimum absolute atomic E-state index is 0.409. The van der Waals surface area contributed by atoms with Crippen molar-refractivity contribution in [1.82, 2.24) is 0 Å². The van der Waals surface area contributed by atoms with Crippen LogP contribution in [0.2, 0.25) is 0 Å². The lowest BCUT2D eigenvalue weighted by atomic mass is 9.61. The standard InChI is InChI=1S/C45H26S/c1-4-18-37-30(12-1)32-23-22-28(29-24-25-42-44-34(29)16-9-17-36(44)33-14-3-6-21-41(33)46-42)26-40(32)45(37)38-19-5-2-13-31(38)35-15-7-10-27-11-8-20-39(45)43(27)35/h1-26H. The maximum Gasteiger partial charge on any atom is 0.0725 e. The van der Waals surface area contributed by atoms with E-state index in [0.717, 1.165) is 0 Å². The smallest absolute Gasteiger partial charge is 0.0725 e. The lowest BCUT2D eigenvalue weighted by molar-refractivity contribution is 0.774. The van der Waals surface area contributed by atoms with E-state index in [1.165, 1.54) is 98.1 Å². The molecular formula is C45H26S. The van der Waals surface area contributed by atoms with Gasteiger partial charge in [-0.05, 0) is 101 Å². The lowest BCUT2D eigenvalue weighted by Crippen LogP contribution is -2.31. The van der Waals surface area contributed by atoms with Gasteiger partial charge in [0.2, 0.25) is 0 Å². The number of rotatable bonds is 1. The number of benzene rings is 8. The van der Waals surface area contributed by atoms with Gasteiger partial charge < -0.3 is 0 Å². The van der Waals surface area contributed by atoms with Crippen molar-refractivity contribution in [1.29, 1.82) is 0 Å². The van der Waals surface area contributed by atoms with Crippen molar-refractivity contribution in [2.24, 2.45) is 0 Å². The van der Waals surface area contributed by atoms with Gasteiger partial charge in [0.05, 0.1) is 5.41 Å². The van der Waals surface area contributed by atoms with E-state index in [1.807, 2.05) is 11.8 Å². The third kappa shape index (κ3) is 2.97. The largest absolute Gasteiger partial charge is 0.0888 e. The minimum Gasteiger partial charge on any atom is -0.0888 e. The van der Waals surface area contributed by atoms with Gasteiger partial charge in [-0.2, -0.15) is 0 Å². The van der Waals surface area contributed by atoms with Crippen LogP contribution < -0.4 is 0 Å². The van der Waals surface area contributed by atoms with Crippen molar-refractivity contribution in [2.45, 2.75) is 15.2 Å². The molecule has 8 aromatic rings. The van der Waals surface area contributed by atoms with Crippen molar-refractivity contribution >= 4 is 33.3 Å². The topological polar surface area (TPSA) is 0 Å². The second kappa shape index (κ2) is 8.88. The Kier molecular flexibility index (Phi) is 4.80. The van der Waals surface area contributed by atoms with Crippen LogP contribution >= 0.6 is 11.8 Å². The zero-order valence-corrected chi connectivity index (χ0v) is 25.7. The second-order valence-corrected chi connectivity index (χ2v) is 13.8. The van der Waals surface area contributed by atoms with E-state index in [1.54, 1.807) is 0 Å². The molecule has 0 aromatic heterocycles. The quantitative estimate of drug-likeness (QED) is 0.181. The van der Waals surface area contributed by atoms with Crippen LogP contribution in [-0.4, -0.2) is 0 Å². The fourth-order valence-electron chi connectivity index (χ4n) is 8.93. The first kappa shape index (κ1) is 24.9. The predicted octanol–water partition coefficient (Wildman–Crippen LogP) is 12.1. The first-order chi connectivity index (χ1) is 22.8. The summed E-state index contributed by atoms with van der Waals surface area (Å²) >= 11 is 1.89. The van der Waals surface area contributed by atoms with Gasteiger partial charge in [-0.1, -0.05) is 151 Å². The molecule has 1 atom stereocenters. The fraction of sp³-hybridized carbons (Fsp3) is 0.0222. The molecule has 0 fully saturated rings. The summed E-state index contributed by atoms with van der Waals surface area (Å²) in [4.78, 5) is 2.67. The van der Waals surface area contributed by atoms with Crippen LogP contribution in [0.3, 0.4) is 0 Å². The lowest BCUT2D eigenvalue weighted by Gasteiger charge is -2.40. The van der Waals surface area contributed by atoms with Crippen LogP contribution in [0, 0.1) is 0 Å². The highest BCUT2D eigenvalue weighted by Gasteiger charge is 2.50. The third-order valence-electron chi connectivity index (χ3n) is 10.7. The highest BCUT2D eigenvalue weighted by atomic mass is 32.2. The summed E-state index contributed by atoms with van der Waals surface area (Å²) in [5, 5.41) is 5.35. The SMILES string of the molecule is c1ccc2c(c1)Sc1ccc(-c3ccc4c(c3)C3(c5ccccc5-4)c4ccccc4-c4cccc5cccc3c45)c3cccc-2c13. The summed E-state index contributed by atoms with van der Waals surface area (Å²) in [6.07, 6.45) is 0. The molecule has 1 heterocycles. The maximum atomic E-state index is 2.52. The van der Waals surface area contributed by atoms with E-state index in [2.05, 4.69) is 158 Å². The van der Waals surface area contributed by atoms with Crippen LogP contribution in [0.4, 0.5) is 0 Å². The van der Waals surface area contributed by atoms with Gasteiger partial charge in [-0.3, -0.25) is 0 Å². The van der Waals surface area contributed by atoms with Crippen molar-refractivity contribution in [3.63, 3.8) is 0 Å². The third-order valence-corrected chi connectivity index (χ3v) is 11.8. The molecule has 3 aliphatic rings. The Morgan fingerprint density at radius 3 is 1.76 bits per heavy atom. The highest BCUT2D eigenvalue weighted by molar-refractivity contribution is 7.99. The Hall–Kier alpha value is -5.37. The van der Waals surface area contributed by atoms with Crippen molar-refractivity contribution < 1.29 is 0 Å². The molecule has 1 unspecified atom stereocenters. The van der Waals surface area contributed by atoms with Crippen LogP contribution in [0.1, 0.15) is 22.3 Å². The maximum absolute atomic E-state index is 2.52. The first-order valence-electron chi connectivity index (χ1n) is 16.0. The Morgan fingerprint density at radius 1 is 0.348 bits per heavy atom. The fourth-order valence-corrected chi connectivity index (χ4v) is 10.1. The van der Waals surface area contributed by atoms with Crippen LogP contribution in [0.15, 0.2) is 168 Å². The van der Waals surface area contributed by atoms with E-state index >= 15 is 0 Å². The molecule has 2 aliphatic carbocycles. The zero-order chi connectivity index (χ0) is 30.0. The summed E-state index contributed by atoms with van der Waals surface area (Å²) in [5.74, 6) is 0. The van der Waals surface area contributed by atoms with Crippen LogP contribution in [0.5, 0.6) is 0 Å². The Morgan fingerprint density at radius 2 is 0.935 bits per heavy atom. The van der Waals surface area contributed by atoms with Crippen molar-refractivity contribution in [2.75, 3.05) is 0 Å². The highest BCUT2D eigenvalue weighted by Crippen LogP contribution is 2.62. The van der Waals surface area contributed by atoms with Crippen LogP contribution in [0.25, 0.3) is 66.1 Å². The molecule has 1 spiro atoms. The summed E-state index contributed by atoms with van der Waals surface area (Å²) in [7, 11) is 0. The van der Waals surface area contributed by atoms with E-state index in [-0.39, 0.29) is 0 Å². The Labute approximate surface area is 272 Å². The van der Waals surface area contributed by atoms with Gasteiger partial charge >= 0.3 is 0 Å². The Bertz CT molecular complexity index is 2620. The molecule has 0 nitrogen and oxygen atoms in total. The molecular weight excluding hydrogens is 573 g/mol. The summed E-state index contributed by atoms with van der Waals surface area (Å²) in [6, 6.07) is 59.5. The van der Waals surface area contributed by atoms with E-state index in [9.17, 15) is 0 Å². The molecule has 1 heteroatoms. The molecule has 0 amide bonds. The number of hydrogen-bond donors (Lipinski definition) is 0. The molecule has 11 rings (SSSR count). The molecule has 0 saturated heterocycles. The van der Waals surface area contributed by atoms with Crippen molar-refractivity contribution in [3.8, 4) is 44.5 Å². The van der Waals surface area contributed by atoms with Gasteiger partial charge in [0, 0.05) is 15.2 Å². The predicted molar refractivity (Wildman–Crippen MR) is 193 cm³/mol. The van der Waals surface area contributed by atoms with Crippen molar-refractivity contribution in [3.05, 3.63) is 180 Å². The van der Waals surface area contributed by atoms with Gasteiger partial charge in [0.1, 0.15) is 0 Å². The van der Waals surface area contributed by atoms with E-state index in [4.69, 9.17) is 0 Å². The monoisotopic (exact) mass is 598 g/mol. The normalized spacial score (nSPS) is 16.3. The summed E-state index contributed by atoms with van der Waals surface area (Å²) in [6.45, 7) is 0. The number of fused-ring (bicyclic) bond motifs is 11. The first-order valence-corrected chi connectivity index (χ1v) is 16.8. The average molecular weight is 599 g/mol. The molecule has 0 bridgehead atoms. The average Bonchev–Trinajstić information content (AvgIpc) is 3.41. The molecule has 46 heavy (non-hydrogen) atoms. The molecule has 0 radical (unpaired) electrons. The summed E-state index contributed by atoms with van der Waals surface area (Å²) in [5.41, 5.74) is 15.6. The van der Waals surface area contributed by atoms with Gasteiger partial charge in [-0.25, -0.2) is 0 Å².